The van der Waals surface area contributed by atoms with Crippen LogP contribution >= 0.6 is 34.5 Å². The molecular formula is C18H16Cl2N4O3S2. The van der Waals surface area contributed by atoms with Gasteiger partial charge in [-0.2, -0.15) is 0 Å². The zero-order valence-electron chi connectivity index (χ0n) is 15.3. The van der Waals surface area contributed by atoms with Gasteiger partial charge in [0.05, 0.1) is 11.9 Å². The van der Waals surface area contributed by atoms with Gasteiger partial charge in [-0.25, -0.2) is 8.42 Å². The molecule has 152 valence electrons. The molecule has 7 nitrogen and oxygen atoms in total. The number of halogens is 2. The van der Waals surface area contributed by atoms with Crippen LogP contribution < -0.4 is 9.62 Å². The fraction of sp³-hybridized carbons (Fsp3) is 0.167. The Bertz CT molecular complexity index is 1120. The minimum Gasteiger partial charge on any atom is -0.299 e. The van der Waals surface area contributed by atoms with Crippen LogP contribution in [-0.4, -0.2) is 36.8 Å². The molecule has 29 heavy (non-hydrogen) atoms. The minimum absolute atomic E-state index is 0.190. The number of carbonyl (C=O) groups is 1. The van der Waals surface area contributed by atoms with Crippen molar-refractivity contribution in [3.8, 4) is 10.6 Å². The van der Waals surface area contributed by atoms with Gasteiger partial charge in [-0.05, 0) is 25.1 Å². The molecule has 0 fully saturated rings. The highest BCUT2D eigenvalue weighted by Crippen LogP contribution is 2.30. The normalized spacial score (nSPS) is 12.4. The summed E-state index contributed by atoms with van der Waals surface area (Å²) in [6.07, 6.45) is 1.00. The maximum absolute atomic E-state index is 12.7. The van der Waals surface area contributed by atoms with E-state index in [2.05, 4.69) is 15.5 Å². The summed E-state index contributed by atoms with van der Waals surface area (Å²) in [4.78, 5) is 12.7. The van der Waals surface area contributed by atoms with E-state index in [0.29, 0.717) is 5.01 Å². The number of aromatic nitrogens is 2. The van der Waals surface area contributed by atoms with Crippen LogP contribution in [0.3, 0.4) is 0 Å². The van der Waals surface area contributed by atoms with Crippen LogP contribution in [0.4, 0.5) is 10.8 Å². The fourth-order valence-corrected chi connectivity index (χ4v) is 5.08. The number of nitrogens with zero attached hydrogens (tertiary/aromatic N) is 3. The number of sulfonamides is 1. The lowest BCUT2D eigenvalue weighted by molar-refractivity contribution is -0.116. The smallest absolute Gasteiger partial charge is 0.249 e. The van der Waals surface area contributed by atoms with E-state index >= 15 is 0 Å². The molecule has 2 aromatic carbocycles. The Morgan fingerprint density at radius 3 is 2.31 bits per heavy atom. The summed E-state index contributed by atoms with van der Waals surface area (Å²) in [5.74, 6) is -0.567. The lowest BCUT2D eigenvalue weighted by atomic mass is 10.2. The molecule has 11 heteroatoms. The highest BCUT2D eigenvalue weighted by molar-refractivity contribution is 7.92. The first kappa shape index (κ1) is 21.5. The average Bonchev–Trinajstić information content (AvgIpc) is 3.09. The van der Waals surface area contributed by atoms with E-state index in [1.807, 2.05) is 30.3 Å². The highest BCUT2D eigenvalue weighted by Gasteiger charge is 2.30. The Kier molecular flexibility index (Phi) is 6.42. The van der Waals surface area contributed by atoms with E-state index in [9.17, 15) is 13.2 Å². The summed E-state index contributed by atoms with van der Waals surface area (Å²) in [5, 5.41) is 12.0. The van der Waals surface area contributed by atoms with Gasteiger partial charge in [-0.15, -0.1) is 10.2 Å². The number of hydrogen-bond donors (Lipinski definition) is 1. The molecular weight excluding hydrogens is 455 g/mol. The van der Waals surface area contributed by atoms with Crippen molar-refractivity contribution < 1.29 is 13.2 Å². The molecule has 0 bridgehead atoms. The van der Waals surface area contributed by atoms with Gasteiger partial charge >= 0.3 is 0 Å². The van der Waals surface area contributed by atoms with E-state index in [4.69, 9.17) is 23.2 Å². The third kappa shape index (κ3) is 5.24. The molecule has 3 aromatic rings. The molecule has 3 rings (SSSR count). The molecule has 1 N–H and O–H groups in total. The monoisotopic (exact) mass is 470 g/mol. The van der Waals surface area contributed by atoms with Crippen molar-refractivity contribution in [1.29, 1.82) is 0 Å². The topological polar surface area (TPSA) is 92.3 Å². The lowest BCUT2D eigenvalue weighted by Crippen LogP contribution is -2.45. The van der Waals surface area contributed by atoms with Gasteiger partial charge in [0.2, 0.25) is 21.1 Å². The first-order valence-electron chi connectivity index (χ1n) is 8.30. The Hall–Kier alpha value is -2.20. The van der Waals surface area contributed by atoms with Crippen molar-refractivity contribution >= 4 is 61.3 Å². The number of carbonyl (C=O) groups excluding carboxylic acids is 1. The van der Waals surface area contributed by atoms with E-state index in [0.717, 1.165) is 16.1 Å². The number of amides is 1. The number of benzene rings is 2. The molecule has 1 atom stereocenters. The van der Waals surface area contributed by atoms with E-state index in [1.54, 1.807) is 0 Å². The van der Waals surface area contributed by atoms with Crippen LogP contribution in [-0.2, 0) is 14.8 Å². The van der Waals surface area contributed by atoms with Gasteiger partial charge in [0.15, 0.2) is 0 Å². The third-order valence-corrected chi connectivity index (χ3v) is 6.43. The van der Waals surface area contributed by atoms with Gasteiger partial charge in [0.1, 0.15) is 11.0 Å². The van der Waals surface area contributed by atoms with Crippen molar-refractivity contribution in [3.05, 3.63) is 58.6 Å². The van der Waals surface area contributed by atoms with Crippen LogP contribution in [0.1, 0.15) is 6.92 Å². The minimum atomic E-state index is -3.80. The van der Waals surface area contributed by atoms with Gasteiger partial charge < -0.3 is 0 Å². The van der Waals surface area contributed by atoms with Gasteiger partial charge in [0, 0.05) is 15.6 Å². The summed E-state index contributed by atoms with van der Waals surface area (Å²) in [5.41, 5.74) is 1.06. The average molecular weight is 471 g/mol. The first-order valence-corrected chi connectivity index (χ1v) is 11.7. The van der Waals surface area contributed by atoms with Gasteiger partial charge in [-0.3, -0.25) is 14.4 Å². The predicted molar refractivity (Wildman–Crippen MR) is 117 cm³/mol. The quantitative estimate of drug-likeness (QED) is 0.579. The second kappa shape index (κ2) is 8.66. The van der Waals surface area contributed by atoms with Crippen LogP contribution in [0, 0.1) is 0 Å². The molecule has 0 spiro atoms. The van der Waals surface area contributed by atoms with E-state index < -0.39 is 22.0 Å². The van der Waals surface area contributed by atoms with E-state index in [1.165, 1.54) is 36.5 Å². The van der Waals surface area contributed by atoms with Crippen LogP contribution in [0.5, 0.6) is 0 Å². The Labute approximate surface area is 182 Å². The van der Waals surface area contributed by atoms with Crippen molar-refractivity contribution in [1.82, 2.24) is 10.2 Å². The molecule has 1 aromatic heterocycles. The van der Waals surface area contributed by atoms with Crippen molar-refractivity contribution in [2.75, 3.05) is 15.9 Å². The summed E-state index contributed by atoms with van der Waals surface area (Å²) < 4.78 is 25.7. The molecule has 0 aliphatic heterocycles. The maximum Gasteiger partial charge on any atom is 0.249 e. The molecule has 0 radical (unpaired) electrons. The number of anilines is 2. The molecule has 1 amide bonds. The Morgan fingerprint density at radius 2 is 1.72 bits per heavy atom. The molecule has 0 aliphatic carbocycles. The van der Waals surface area contributed by atoms with Gasteiger partial charge in [0.25, 0.3) is 0 Å². The number of nitrogens with one attached hydrogen (secondary N) is 1. The fourth-order valence-electron chi connectivity index (χ4n) is 2.66. The zero-order chi connectivity index (χ0) is 21.2. The van der Waals surface area contributed by atoms with Crippen LogP contribution in [0.2, 0.25) is 10.0 Å². The molecule has 1 heterocycles. The Balaban J connectivity index is 1.84. The van der Waals surface area contributed by atoms with Crippen molar-refractivity contribution in [2.45, 2.75) is 13.0 Å². The Morgan fingerprint density at radius 1 is 1.10 bits per heavy atom. The SMILES string of the molecule is CC(C(=O)Nc1nnc(-c2ccccc2)s1)N(c1cc(Cl)cc(Cl)c1)S(C)(=O)=O. The largest absolute Gasteiger partial charge is 0.299 e. The van der Waals surface area contributed by atoms with Crippen molar-refractivity contribution in [2.24, 2.45) is 0 Å². The van der Waals surface area contributed by atoms with Gasteiger partial charge in [-0.1, -0.05) is 64.9 Å². The molecule has 0 saturated heterocycles. The summed E-state index contributed by atoms with van der Waals surface area (Å²) in [7, 11) is -3.80. The second-order valence-corrected chi connectivity index (χ2v) is 9.84. The maximum atomic E-state index is 12.7. The first-order chi connectivity index (χ1) is 13.6. The predicted octanol–water partition coefficient (Wildman–Crippen LogP) is 4.31. The number of hydrogen-bond acceptors (Lipinski definition) is 6. The second-order valence-electron chi connectivity index (χ2n) is 6.13. The van der Waals surface area contributed by atoms with Crippen LogP contribution in [0.25, 0.3) is 10.6 Å². The summed E-state index contributed by atoms with van der Waals surface area (Å²) in [6.45, 7) is 1.46. The zero-order valence-corrected chi connectivity index (χ0v) is 18.5. The number of rotatable bonds is 6. The lowest BCUT2D eigenvalue weighted by Gasteiger charge is -2.28. The molecule has 1 unspecified atom stereocenters. The molecule has 0 saturated carbocycles. The standard InChI is InChI=1S/C18H16Cl2N4O3S2/c1-11(24(29(2,26)27)15-9-13(19)8-14(20)10-15)16(25)21-18-23-22-17(28-18)12-6-4-3-5-7-12/h3-11H,1-2H3,(H,21,23,25). The van der Waals surface area contributed by atoms with Crippen LogP contribution in [0.15, 0.2) is 48.5 Å². The summed E-state index contributed by atoms with van der Waals surface area (Å²) >= 11 is 13.2. The summed E-state index contributed by atoms with van der Waals surface area (Å²) in [6, 6.07) is 12.6. The highest BCUT2D eigenvalue weighted by atomic mass is 35.5. The molecule has 0 aliphatic rings. The third-order valence-electron chi connectivity index (χ3n) is 3.87. The van der Waals surface area contributed by atoms with E-state index in [-0.39, 0.29) is 20.9 Å². The van der Waals surface area contributed by atoms with Crippen molar-refractivity contribution in [3.63, 3.8) is 0 Å².